The van der Waals surface area contributed by atoms with Gasteiger partial charge in [-0.1, -0.05) is 37.3 Å². The maximum atomic E-state index is 12.5. The minimum absolute atomic E-state index is 0.0617. The number of hydrogen-bond donors (Lipinski definition) is 1. The first-order chi connectivity index (χ1) is 10.1. The van der Waals surface area contributed by atoms with Crippen molar-refractivity contribution < 1.29 is 14.7 Å². The molecule has 0 unspecified atom stereocenters. The first kappa shape index (κ1) is 15.4. The first-order valence-corrected chi connectivity index (χ1v) is 7.45. The average Bonchev–Trinajstić information content (AvgIpc) is 3.02. The lowest BCUT2D eigenvalue weighted by atomic mass is 10.1. The standard InChI is InChI=1S/C16H22N2O3/c1-2-14(15(19)17-10-6-7-11-17)18(16(20)21)12-13-8-4-3-5-9-13/h3-5,8-9,14H,2,6-7,10-12H2,1H3,(H,20,21)/t14-/m0/s1. The summed E-state index contributed by atoms with van der Waals surface area (Å²) >= 11 is 0. The quantitative estimate of drug-likeness (QED) is 0.906. The molecule has 1 atom stereocenters. The minimum Gasteiger partial charge on any atom is -0.465 e. The maximum absolute atomic E-state index is 12.5. The SMILES string of the molecule is CC[C@@H](C(=O)N1CCCC1)N(Cc1ccccc1)C(=O)O. The van der Waals surface area contributed by atoms with Crippen molar-refractivity contribution in [3.63, 3.8) is 0 Å². The van der Waals surface area contributed by atoms with Crippen molar-refractivity contribution >= 4 is 12.0 Å². The van der Waals surface area contributed by atoms with Gasteiger partial charge in [0.15, 0.2) is 0 Å². The van der Waals surface area contributed by atoms with E-state index in [-0.39, 0.29) is 12.5 Å². The number of hydrogen-bond acceptors (Lipinski definition) is 2. The molecule has 1 aromatic carbocycles. The highest BCUT2D eigenvalue weighted by molar-refractivity contribution is 5.85. The maximum Gasteiger partial charge on any atom is 0.408 e. The zero-order valence-electron chi connectivity index (χ0n) is 12.4. The highest BCUT2D eigenvalue weighted by atomic mass is 16.4. The van der Waals surface area contributed by atoms with E-state index < -0.39 is 12.1 Å². The summed E-state index contributed by atoms with van der Waals surface area (Å²) in [6.07, 6.45) is 1.47. The van der Waals surface area contributed by atoms with Gasteiger partial charge in [-0.25, -0.2) is 4.79 Å². The number of carbonyl (C=O) groups is 2. The molecule has 0 aliphatic carbocycles. The van der Waals surface area contributed by atoms with Crippen LogP contribution >= 0.6 is 0 Å². The fraction of sp³-hybridized carbons (Fsp3) is 0.500. The van der Waals surface area contributed by atoms with Gasteiger partial charge in [0, 0.05) is 19.6 Å². The van der Waals surface area contributed by atoms with Crippen LogP contribution in [0.25, 0.3) is 0 Å². The smallest absolute Gasteiger partial charge is 0.408 e. The van der Waals surface area contributed by atoms with Gasteiger partial charge in [-0.2, -0.15) is 0 Å². The molecule has 1 aliphatic rings. The van der Waals surface area contributed by atoms with Gasteiger partial charge in [-0.15, -0.1) is 0 Å². The molecule has 1 fully saturated rings. The fourth-order valence-electron chi connectivity index (χ4n) is 2.77. The number of amides is 2. The van der Waals surface area contributed by atoms with Crippen LogP contribution in [0.1, 0.15) is 31.7 Å². The third kappa shape index (κ3) is 3.74. The van der Waals surface area contributed by atoms with Crippen LogP contribution in [0.4, 0.5) is 4.79 Å². The molecule has 1 heterocycles. The number of carbonyl (C=O) groups excluding carboxylic acids is 1. The summed E-state index contributed by atoms with van der Waals surface area (Å²) in [5.41, 5.74) is 0.896. The lowest BCUT2D eigenvalue weighted by molar-refractivity contribution is -0.135. The molecule has 114 valence electrons. The Morgan fingerprint density at radius 3 is 2.38 bits per heavy atom. The second-order valence-corrected chi connectivity index (χ2v) is 5.35. The zero-order valence-corrected chi connectivity index (χ0v) is 12.4. The molecule has 2 amide bonds. The number of likely N-dealkylation sites (tertiary alicyclic amines) is 1. The highest BCUT2D eigenvalue weighted by Gasteiger charge is 2.32. The van der Waals surface area contributed by atoms with Gasteiger partial charge in [0.05, 0.1) is 0 Å². The molecule has 1 aliphatic heterocycles. The second kappa shape index (κ2) is 7.11. The van der Waals surface area contributed by atoms with E-state index in [4.69, 9.17) is 0 Å². The summed E-state index contributed by atoms with van der Waals surface area (Å²) in [7, 11) is 0. The van der Waals surface area contributed by atoms with Crippen LogP contribution in [0.15, 0.2) is 30.3 Å². The van der Waals surface area contributed by atoms with Crippen LogP contribution in [-0.4, -0.2) is 46.0 Å². The van der Waals surface area contributed by atoms with Gasteiger partial charge in [-0.05, 0) is 24.8 Å². The minimum atomic E-state index is -1.04. The molecule has 5 heteroatoms. The van der Waals surface area contributed by atoms with Crippen LogP contribution in [0.5, 0.6) is 0 Å². The van der Waals surface area contributed by atoms with Gasteiger partial charge in [0.1, 0.15) is 6.04 Å². The molecule has 0 spiro atoms. The molecule has 1 N–H and O–H groups in total. The molecule has 0 bridgehead atoms. The van der Waals surface area contributed by atoms with Gasteiger partial charge in [0.2, 0.25) is 5.91 Å². The van der Waals surface area contributed by atoms with E-state index in [9.17, 15) is 14.7 Å². The van der Waals surface area contributed by atoms with Gasteiger partial charge >= 0.3 is 6.09 Å². The summed E-state index contributed by atoms with van der Waals surface area (Å²) in [4.78, 5) is 27.2. The highest BCUT2D eigenvalue weighted by Crippen LogP contribution is 2.17. The molecule has 0 aromatic heterocycles. The number of benzene rings is 1. The summed E-state index contributed by atoms with van der Waals surface area (Å²) in [6.45, 7) is 3.59. The molecule has 0 saturated carbocycles. The van der Waals surface area contributed by atoms with Crippen molar-refractivity contribution in [1.82, 2.24) is 9.80 Å². The Morgan fingerprint density at radius 1 is 1.24 bits per heavy atom. The van der Waals surface area contributed by atoms with E-state index >= 15 is 0 Å². The third-order valence-electron chi connectivity index (χ3n) is 3.91. The van der Waals surface area contributed by atoms with Gasteiger partial charge in [-0.3, -0.25) is 9.69 Å². The summed E-state index contributed by atoms with van der Waals surface area (Å²) < 4.78 is 0. The first-order valence-electron chi connectivity index (χ1n) is 7.45. The van der Waals surface area contributed by atoms with Crippen LogP contribution in [-0.2, 0) is 11.3 Å². The Morgan fingerprint density at radius 2 is 1.86 bits per heavy atom. The number of rotatable bonds is 5. The van der Waals surface area contributed by atoms with Crippen molar-refractivity contribution in [2.75, 3.05) is 13.1 Å². The summed E-state index contributed by atoms with van der Waals surface area (Å²) in [6, 6.07) is 8.80. The van der Waals surface area contributed by atoms with Gasteiger partial charge < -0.3 is 10.0 Å². The van der Waals surface area contributed by atoms with E-state index in [0.717, 1.165) is 31.5 Å². The van der Waals surface area contributed by atoms with E-state index in [1.165, 1.54) is 4.90 Å². The lowest BCUT2D eigenvalue weighted by Crippen LogP contribution is -2.49. The average molecular weight is 290 g/mol. The normalized spacial score (nSPS) is 15.8. The van der Waals surface area contributed by atoms with E-state index in [1.807, 2.05) is 37.3 Å². The molecule has 5 nitrogen and oxygen atoms in total. The molecule has 1 aromatic rings. The monoisotopic (exact) mass is 290 g/mol. The Labute approximate surface area is 125 Å². The Bertz CT molecular complexity index is 484. The van der Waals surface area contributed by atoms with Crippen molar-refractivity contribution in [3.05, 3.63) is 35.9 Å². The van der Waals surface area contributed by atoms with Crippen LogP contribution in [0.3, 0.4) is 0 Å². The molecule has 2 rings (SSSR count). The van der Waals surface area contributed by atoms with E-state index in [2.05, 4.69) is 0 Å². The molecular weight excluding hydrogens is 268 g/mol. The van der Waals surface area contributed by atoms with Crippen molar-refractivity contribution in [2.45, 2.75) is 38.8 Å². The second-order valence-electron chi connectivity index (χ2n) is 5.35. The Hall–Kier alpha value is -2.04. The fourth-order valence-corrected chi connectivity index (χ4v) is 2.77. The predicted molar refractivity (Wildman–Crippen MR) is 79.9 cm³/mol. The van der Waals surface area contributed by atoms with Crippen LogP contribution in [0.2, 0.25) is 0 Å². The third-order valence-corrected chi connectivity index (χ3v) is 3.91. The number of carboxylic acid groups (broad SMARTS) is 1. The molecule has 0 radical (unpaired) electrons. The molecule has 21 heavy (non-hydrogen) atoms. The molecular formula is C16H22N2O3. The summed E-state index contributed by atoms with van der Waals surface area (Å²) in [5, 5.41) is 9.48. The van der Waals surface area contributed by atoms with Crippen molar-refractivity contribution in [3.8, 4) is 0 Å². The van der Waals surface area contributed by atoms with E-state index in [1.54, 1.807) is 4.90 Å². The summed E-state index contributed by atoms with van der Waals surface area (Å²) in [5.74, 6) is -0.0617. The van der Waals surface area contributed by atoms with Crippen molar-refractivity contribution in [1.29, 1.82) is 0 Å². The van der Waals surface area contributed by atoms with Crippen molar-refractivity contribution in [2.24, 2.45) is 0 Å². The lowest BCUT2D eigenvalue weighted by Gasteiger charge is -2.31. The number of nitrogens with zero attached hydrogens (tertiary/aromatic N) is 2. The van der Waals surface area contributed by atoms with Crippen LogP contribution in [0, 0.1) is 0 Å². The predicted octanol–water partition coefficient (Wildman–Crippen LogP) is 2.57. The largest absolute Gasteiger partial charge is 0.465 e. The Kier molecular flexibility index (Phi) is 5.20. The topological polar surface area (TPSA) is 60.9 Å². The Balaban J connectivity index is 2.14. The molecule has 1 saturated heterocycles. The van der Waals surface area contributed by atoms with Gasteiger partial charge in [0.25, 0.3) is 0 Å². The van der Waals surface area contributed by atoms with Crippen LogP contribution < -0.4 is 0 Å². The zero-order chi connectivity index (χ0) is 15.2. The van der Waals surface area contributed by atoms with E-state index in [0.29, 0.717) is 6.42 Å².